The molecule has 3 heteroatoms. The van der Waals surface area contributed by atoms with E-state index in [-0.39, 0.29) is 5.69 Å². The monoisotopic (exact) mass is 212 g/mol. The Kier molecular flexibility index (Phi) is 2.87. The van der Waals surface area contributed by atoms with Crippen molar-refractivity contribution in [1.82, 2.24) is 0 Å². The zero-order valence-corrected chi connectivity index (χ0v) is 8.54. The number of nitrogens with zero attached hydrogens (tertiary/aromatic N) is 1. The molecule has 0 aliphatic rings. The van der Waals surface area contributed by atoms with Crippen LogP contribution in [0.25, 0.3) is 12.2 Å². The van der Waals surface area contributed by atoms with E-state index in [1.165, 1.54) is 12.1 Å². The minimum atomic E-state index is -0.398. The lowest BCUT2D eigenvalue weighted by molar-refractivity contribution is -0.384. The van der Waals surface area contributed by atoms with Gasteiger partial charge in [0.1, 0.15) is 0 Å². The predicted molar refractivity (Wildman–Crippen MR) is 64.1 cm³/mol. The van der Waals surface area contributed by atoms with Crippen molar-refractivity contribution in [3.05, 3.63) is 69.8 Å². The molecule has 2 aromatic carbocycles. The Bertz CT molecular complexity index is 495. The van der Waals surface area contributed by atoms with Crippen LogP contribution in [0.15, 0.2) is 48.5 Å². The van der Waals surface area contributed by atoms with Gasteiger partial charge in [0.25, 0.3) is 5.69 Å². The van der Waals surface area contributed by atoms with Gasteiger partial charge in [-0.15, -0.1) is 29.8 Å². The number of rotatable bonds is 3. The van der Waals surface area contributed by atoms with E-state index in [9.17, 15) is 10.1 Å². The fourth-order valence-electron chi connectivity index (χ4n) is 1.40. The van der Waals surface area contributed by atoms with Gasteiger partial charge in [-0.3, -0.25) is 10.1 Å². The Balaban J connectivity index is 2.14. The summed E-state index contributed by atoms with van der Waals surface area (Å²) < 4.78 is 0. The maximum Gasteiger partial charge on any atom is 0.269 e. The molecule has 0 aliphatic heterocycles. The standard InChI is InChI=1S/C13H10NO2/c15-14(16)13-9-7-12(8-10-13)6-5-11-3-1-2-4-11/h1-10H/q-1. The van der Waals surface area contributed by atoms with Crippen LogP contribution in [0.3, 0.4) is 0 Å². The summed E-state index contributed by atoms with van der Waals surface area (Å²) in [5.74, 6) is 0. The smallest absolute Gasteiger partial charge is 0.258 e. The summed E-state index contributed by atoms with van der Waals surface area (Å²) in [7, 11) is 0. The highest BCUT2D eigenvalue weighted by Crippen LogP contribution is 2.14. The van der Waals surface area contributed by atoms with E-state index in [1.54, 1.807) is 12.1 Å². The first-order chi connectivity index (χ1) is 7.75. The molecule has 0 radical (unpaired) electrons. The average molecular weight is 212 g/mol. The number of hydrogen-bond donors (Lipinski definition) is 0. The number of non-ortho nitro benzene ring substituents is 1. The normalized spacial score (nSPS) is 10.8. The van der Waals surface area contributed by atoms with Crippen molar-refractivity contribution < 1.29 is 4.92 Å². The Labute approximate surface area is 93.2 Å². The Hall–Kier alpha value is -2.29. The summed E-state index contributed by atoms with van der Waals surface area (Å²) in [6.07, 6.45) is 3.90. The van der Waals surface area contributed by atoms with Gasteiger partial charge in [-0.1, -0.05) is 17.7 Å². The van der Waals surface area contributed by atoms with Crippen molar-refractivity contribution in [2.45, 2.75) is 0 Å². The summed E-state index contributed by atoms with van der Waals surface area (Å²) in [6, 6.07) is 14.4. The molecule has 0 saturated carbocycles. The molecule has 80 valence electrons. The van der Waals surface area contributed by atoms with E-state index < -0.39 is 4.92 Å². The molecule has 0 spiro atoms. The van der Waals surface area contributed by atoms with E-state index in [0.717, 1.165) is 11.1 Å². The first kappa shape index (κ1) is 10.2. The summed E-state index contributed by atoms with van der Waals surface area (Å²) in [6.45, 7) is 0. The van der Waals surface area contributed by atoms with Crippen molar-refractivity contribution in [3.8, 4) is 0 Å². The van der Waals surface area contributed by atoms with Crippen LogP contribution >= 0.6 is 0 Å². The first-order valence-electron chi connectivity index (χ1n) is 4.90. The van der Waals surface area contributed by atoms with E-state index in [2.05, 4.69) is 0 Å². The van der Waals surface area contributed by atoms with E-state index in [1.807, 2.05) is 36.4 Å². The molecule has 0 fully saturated rings. The van der Waals surface area contributed by atoms with Gasteiger partial charge in [0.05, 0.1) is 4.92 Å². The van der Waals surface area contributed by atoms with Crippen LogP contribution in [0.2, 0.25) is 0 Å². The first-order valence-corrected chi connectivity index (χ1v) is 4.90. The lowest BCUT2D eigenvalue weighted by Crippen LogP contribution is -1.86. The topological polar surface area (TPSA) is 43.1 Å². The molecule has 2 rings (SSSR count). The summed E-state index contributed by atoms with van der Waals surface area (Å²) in [4.78, 5) is 10.0. The summed E-state index contributed by atoms with van der Waals surface area (Å²) >= 11 is 0. The zero-order chi connectivity index (χ0) is 11.4. The molecule has 0 bridgehead atoms. The summed E-state index contributed by atoms with van der Waals surface area (Å²) in [5, 5.41) is 10.4. The molecular formula is C13H10NO2-. The Morgan fingerprint density at radius 1 is 1.12 bits per heavy atom. The predicted octanol–water partition coefficient (Wildman–Crippen LogP) is 3.48. The molecular weight excluding hydrogens is 202 g/mol. The van der Waals surface area contributed by atoms with E-state index >= 15 is 0 Å². The average Bonchev–Trinajstić information content (AvgIpc) is 2.80. The molecule has 0 atom stereocenters. The van der Waals surface area contributed by atoms with Gasteiger partial charge in [0.15, 0.2) is 0 Å². The third kappa shape index (κ3) is 2.39. The third-order valence-corrected chi connectivity index (χ3v) is 2.26. The quantitative estimate of drug-likeness (QED) is 0.444. The van der Waals surface area contributed by atoms with Crippen LogP contribution in [-0.4, -0.2) is 4.92 Å². The van der Waals surface area contributed by atoms with Crippen molar-refractivity contribution >= 4 is 17.8 Å². The molecule has 0 heterocycles. The maximum absolute atomic E-state index is 10.4. The molecule has 0 aromatic heterocycles. The van der Waals surface area contributed by atoms with E-state index in [4.69, 9.17) is 0 Å². The number of hydrogen-bond acceptors (Lipinski definition) is 2. The Morgan fingerprint density at radius 2 is 1.75 bits per heavy atom. The highest BCUT2D eigenvalue weighted by Gasteiger charge is 2.01. The van der Waals surface area contributed by atoms with Crippen molar-refractivity contribution in [2.24, 2.45) is 0 Å². The third-order valence-electron chi connectivity index (χ3n) is 2.26. The minimum Gasteiger partial charge on any atom is -0.258 e. The fraction of sp³-hybridized carbons (Fsp3) is 0. The summed E-state index contributed by atoms with van der Waals surface area (Å²) in [5.41, 5.74) is 2.19. The van der Waals surface area contributed by atoms with Gasteiger partial charge in [0, 0.05) is 12.1 Å². The lowest BCUT2D eigenvalue weighted by Gasteiger charge is -1.96. The fourth-order valence-corrected chi connectivity index (χ4v) is 1.40. The van der Waals surface area contributed by atoms with Gasteiger partial charge in [-0.2, -0.15) is 12.1 Å². The van der Waals surface area contributed by atoms with Crippen LogP contribution in [0, 0.1) is 10.1 Å². The molecule has 16 heavy (non-hydrogen) atoms. The molecule has 0 N–H and O–H groups in total. The number of benzene rings is 1. The van der Waals surface area contributed by atoms with Crippen LogP contribution in [0.4, 0.5) is 5.69 Å². The lowest BCUT2D eigenvalue weighted by atomic mass is 10.1. The zero-order valence-electron chi connectivity index (χ0n) is 8.54. The number of nitro groups is 1. The second-order valence-electron chi connectivity index (χ2n) is 3.40. The van der Waals surface area contributed by atoms with Gasteiger partial charge in [-0.25, -0.2) is 0 Å². The van der Waals surface area contributed by atoms with Gasteiger partial charge < -0.3 is 0 Å². The largest absolute Gasteiger partial charge is 0.269 e. The van der Waals surface area contributed by atoms with Gasteiger partial charge >= 0.3 is 0 Å². The van der Waals surface area contributed by atoms with E-state index in [0.29, 0.717) is 0 Å². The van der Waals surface area contributed by atoms with Crippen LogP contribution in [0.5, 0.6) is 0 Å². The number of nitro benzene ring substituents is 1. The SMILES string of the molecule is O=[N+]([O-])c1ccc(C=C[c-]2cccc2)cc1. The molecule has 0 saturated heterocycles. The molecule has 3 nitrogen and oxygen atoms in total. The van der Waals surface area contributed by atoms with Crippen LogP contribution < -0.4 is 0 Å². The molecule has 0 unspecified atom stereocenters. The Morgan fingerprint density at radius 3 is 2.31 bits per heavy atom. The van der Waals surface area contributed by atoms with Crippen LogP contribution in [-0.2, 0) is 0 Å². The van der Waals surface area contributed by atoms with Crippen molar-refractivity contribution in [3.63, 3.8) is 0 Å². The highest BCUT2D eigenvalue weighted by molar-refractivity contribution is 5.70. The second kappa shape index (κ2) is 4.49. The molecule has 0 amide bonds. The van der Waals surface area contributed by atoms with Crippen LogP contribution in [0.1, 0.15) is 11.1 Å². The maximum atomic E-state index is 10.4. The van der Waals surface area contributed by atoms with Crippen molar-refractivity contribution in [1.29, 1.82) is 0 Å². The molecule has 0 aliphatic carbocycles. The van der Waals surface area contributed by atoms with Gasteiger partial charge in [-0.05, 0) is 0 Å². The van der Waals surface area contributed by atoms with Crippen molar-refractivity contribution in [2.75, 3.05) is 0 Å². The highest BCUT2D eigenvalue weighted by atomic mass is 16.6. The van der Waals surface area contributed by atoms with Gasteiger partial charge in [0.2, 0.25) is 0 Å². The minimum absolute atomic E-state index is 0.116. The molecule has 2 aromatic rings. The second-order valence-corrected chi connectivity index (χ2v) is 3.40.